The highest BCUT2D eigenvalue weighted by Crippen LogP contribution is 2.36. The van der Waals surface area contributed by atoms with Crippen LogP contribution in [0.5, 0.6) is 0 Å². The number of hydrogen-bond donors (Lipinski definition) is 1. The van der Waals surface area contributed by atoms with Crippen LogP contribution in [0.3, 0.4) is 0 Å². The van der Waals surface area contributed by atoms with Crippen LogP contribution < -0.4 is 5.32 Å². The van der Waals surface area contributed by atoms with Crippen molar-refractivity contribution in [3.05, 3.63) is 59.9 Å². The Bertz CT molecular complexity index is 936. The van der Waals surface area contributed by atoms with Crippen LogP contribution in [-0.4, -0.2) is 26.2 Å². The fourth-order valence-corrected chi connectivity index (χ4v) is 3.47. The van der Waals surface area contributed by atoms with Crippen LogP contribution in [0.4, 0.5) is 13.2 Å². The third-order valence-corrected chi connectivity index (χ3v) is 5.32. The van der Waals surface area contributed by atoms with Gasteiger partial charge in [-0.05, 0) is 30.2 Å². The van der Waals surface area contributed by atoms with Crippen molar-refractivity contribution in [2.24, 2.45) is 0 Å². The molecule has 1 aromatic carbocycles. The van der Waals surface area contributed by atoms with Gasteiger partial charge in [-0.15, -0.1) is 0 Å². The number of halogens is 3. The summed E-state index contributed by atoms with van der Waals surface area (Å²) in [6.45, 7) is 0.611. The minimum atomic E-state index is -4.51. The van der Waals surface area contributed by atoms with Gasteiger partial charge in [0.2, 0.25) is 0 Å². The Labute approximate surface area is 149 Å². The molecule has 3 rings (SSSR count). The van der Waals surface area contributed by atoms with Gasteiger partial charge in [0.1, 0.15) is 0 Å². The molecule has 4 nitrogen and oxygen atoms in total. The van der Waals surface area contributed by atoms with Crippen LogP contribution in [0.15, 0.2) is 53.6 Å². The first-order valence-corrected chi connectivity index (χ1v) is 9.81. The summed E-state index contributed by atoms with van der Waals surface area (Å²) in [5, 5.41) is 3.21. The number of aromatic nitrogens is 1. The first-order valence-electron chi connectivity index (χ1n) is 7.92. The zero-order valence-electron chi connectivity index (χ0n) is 13.9. The maximum absolute atomic E-state index is 13.1. The van der Waals surface area contributed by atoms with E-state index in [1.54, 1.807) is 0 Å². The number of rotatable bonds is 3. The van der Waals surface area contributed by atoms with Crippen molar-refractivity contribution in [3.63, 3.8) is 0 Å². The molecular formula is C18H17F3N2O2S. The summed E-state index contributed by atoms with van der Waals surface area (Å²) in [5.41, 5.74) is 0.499. The highest BCUT2D eigenvalue weighted by molar-refractivity contribution is 7.90. The summed E-state index contributed by atoms with van der Waals surface area (Å²) >= 11 is 0. The first kappa shape index (κ1) is 18.6. The van der Waals surface area contributed by atoms with Gasteiger partial charge in [-0.1, -0.05) is 24.3 Å². The zero-order valence-corrected chi connectivity index (χ0v) is 14.7. The molecule has 1 aromatic heterocycles. The largest absolute Gasteiger partial charge is 0.417 e. The van der Waals surface area contributed by atoms with E-state index in [9.17, 15) is 21.6 Å². The fourth-order valence-electron chi connectivity index (χ4n) is 2.84. The van der Waals surface area contributed by atoms with E-state index in [0.29, 0.717) is 29.8 Å². The fraction of sp³-hybridized carbons (Fsp3) is 0.278. The standard InChI is InChI=1S/C18H17F3N2O2S/c1-26(24,25)14-7-5-12(6-8-14)15-10-13(18(19,20)21)11-23-17(15)16-4-2-3-9-22-16/h2-3,5-8,10-11,16,22H,4,9H2,1H3. The molecule has 2 aromatic rings. The average Bonchev–Trinajstić information content (AvgIpc) is 2.60. The second-order valence-corrected chi connectivity index (χ2v) is 8.13. The van der Waals surface area contributed by atoms with Crippen molar-refractivity contribution in [3.8, 4) is 11.1 Å². The van der Waals surface area contributed by atoms with Crippen molar-refractivity contribution < 1.29 is 21.6 Å². The minimum absolute atomic E-state index is 0.112. The van der Waals surface area contributed by atoms with Crippen LogP contribution in [0.25, 0.3) is 11.1 Å². The van der Waals surface area contributed by atoms with Crippen molar-refractivity contribution in [2.75, 3.05) is 12.8 Å². The lowest BCUT2D eigenvalue weighted by Crippen LogP contribution is -2.25. The molecule has 0 aliphatic carbocycles. The Morgan fingerprint density at radius 1 is 1.15 bits per heavy atom. The lowest BCUT2D eigenvalue weighted by Gasteiger charge is -2.23. The smallest absolute Gasteiger partial charge is 0.305 e. The average molecular weight is 382 g/mol. The third kappa shape index (κ3) is 3.96. The molecule has 26 heavy (non-hydrogen) atoms. The maximum atomic E-state index is 13.1. The number of pyridine rings is 1. The highest BCUT2D eigenvalue weighted by atomic mass is 32.2. The molecule has 1 unspecified atom stereocenters. The maximum Gasteiger partial charge on any atom is 0.417 e. The van der Waals surface area contributed by atoms with Crippen LogP contribution in [-0.2, 0) is 16.0 Å². The molecule has 8 heteroatoms. The van der Waals surface area contributed by atoms with Gasteiger partial charge in [-0.3, -0.25) is 4.98 Å². The zero-order chi connectivity index (χ0) is 18.9. The lowest BCUT2D eigenvalue weighted by molar-refractivity contribution is -0.137. The quantitative estimate of drug-likeness (QED) is 0.822. The summed E-state index contributed by atoms with van der Waals surface area (Å²) in [4.78, 5) is 4.19. The van der Waals surface area contributed by atoms with E-state index in [1.165, 1.54) is 24.3 Å². The number of nitrogens with zero attached hydrogens (tertiary/aromatic N) is 1. The molecule has 138 valence electrons. The van der Waals surface area contributed by atoms with E-state index in [0.717, 1.165) is 18.5 Å². The minimum Gasteiger partial charge on any atom is -0.305 e. The summed E-state index contributed by atoms with van der Waals surface area (Å²) in [5.74, 6) is 0. The number of alkyl halides is 3. The molecule has 0 spiro atoms. The Morgan fingerprint density at radius 2 is 1.85 bits per heavy atom. The Morgan fingerprint density at radius 3 is 2.38 bits per heavy atom. The van der Waals surface area contributed by atoms with E-state index in [1.807, 2.05) is 12.2 Å². The first-order chi connectivity index (χ1) is 12.2. The van der Waals surface area contributed by atoms with Gasteiger partial charge >= 0.3 is 6.18 Å². The molecule has 2 heterocycles. The molecule has 0 saturated heterocycles. The van der Waals surface area contributed by atoms with Gasteiger partial charge in [-0.25, -0.2) is 8.42 Å². The molecule has 1 aliphatic rings. The summed E-state index contributed by atoms with van der Waals surface area (Å²) in [7, 11) is -3.38. The van der Waals surface area contributed by atoms with E-state index < -0.39 is 21.6 Å². The Hall–Kier alpha value is -2.19. The number of nitrogens with one attached hydrogen (secondary N) is 1. The second kappa shape index (κ2) is 6.85. The van der Waals surface area contributed by atoms with Gasteiger partial charge in [0.15, 0.2) is 9.84 Å². The van der Waals surface area contributed by atoms with Crippen molar-refractivity contribution >= 4 is 9.84 Å². The predicted molar refractivity (Wildman–Crippen MR) is 92.3 cm³/mol. The van der Waals surface area contributed by atoms with Gasteiger partial charge in [-0.2, -0.15) is 13.2 Å². The second-order valence-electron chi connectivity index (χ2n) is 6.12. The summed E-state index contributed by atoms with van der Waals surface area (Å²) in [6, 6.07) is 6.67. The van der Waals surface area contributed by atoms with E-state index in [4.69, 9.17) is 0 Å². The molecular weight excluding hydrogens is 365 g/mol. The Kier molecular flexibility index (Phi) is 4.90. The topological polar surface area (TPSA) is 59.1 Å². The molecule has 1 aliphatic heterocycles. The number of sulfone groups is 1. The monoisotopic (exact) mass is 382 g/mol. The predicted octanol–water partition coefficient (Wildman–Crippen LogP) is 3.76. The van der Waals surface area contributed by atoms with Crippen LogP contribution in [0, 0.1) is 0 Å². The molecule has 1 N–H and O–H groups in total. The Balaban J connectivity index is 2.11. The third-order valence-electron chi connectivity index (χ3n) is 4.19. The van der Waals surface area contributed by atoms with E-state index in [2.05, 4.69) is 10.3 Å². The van der Waals surface area contributed by atoms with Gasteiger partial charge in [0.25, 0.3) is 0 Å². The summed E-state index contributed by atoms with van der Waals surface area (Å²) < 4.78 is 62.6. The molecule has 0 radical (unpaired) electrons. The number of benzene rings is 1. The van der Waals surface area contributed by atoms with Gasteiger partial charge < -0.3 is 5.32 Å². The lowest BCUT2D eigenvalue weighted by atomic mass is 9.95. The van der Waals surface area contributed by atoms with Crippen LogP contribution in [0.2, 0.25) is 0 Å². The molecule has 0 fully saturated rings. The molecule has 0 bridgehead atoms. The van der Waals surface area contributed by atoms with Crippen molar-refractivity contribution in [1.29, 1.82) is 0 Å². The molecule has 1 atom stereocenters. The van der Waals surface area contributed by atoms with Crippen molar-refractivity contribution in [2.45, 2.75) is 23.5 Å². The normalized spacial score (nSPS) is 18.1. The SMILES string of the molecule is CS(=O)(=O)c1ccc(-c2cc(C(F)(F)F)cnc2C2CC=CCN2)cc1. The van der Waals surface area contributed by atoms with Gasteiger partial charge in [0.05, 0.1) is 22.2 Å². The van der Waals surface area contributed by atoms with Crippen LogP contribution >= 0.6 is 0 Å². The molecule has 0 saturated carbocycles. The van der Waals surface area contributed by atoms with Crippen LogP contribution in [0.1, 0.15) is 23.7 Å². The highest BCUT2D eigenvalue weighted by Gasteiger charge is 2.32. The van der Waals surface area contributed by atoms with Crippen molar-refractivity contribution in [1.82, 2.24) is 10.3 Å². The van der Waals surface area contributed by atoms with Gasteiger partial charge in [0, 0.05) is 24.6 Å². The van der Waals surface area contributed by atoms with E-state index in [-0.39, 0.29) is 10.9 Å². The molecule has 0 amide bonds. The number of hydrogen-bond acceptors (Lipinski definition) is 4. The summed E-state index contributed by atoms with van der Waals surface area (Å²) in [6.07, 6.45) is 1.93. The van der Waals surface area contributed by atoms with E-state index >= 15 is 0 Å².